The predicted molar refractivity (Wildman–Crippen MR) is 71.0 cm³/mol. The van der Waals surface area contributed by atoms with Gasteiger partial charge in [0, 0.05) is 11.7 Å². The van der Waals surface area contributed by atoms with Gasteiger partial charge in [-0.05, 0) is 36.0 Å². The molecule has 1 N–H and O–H groups in total. The molecule has 0 radical (unpaired) electrons. The topological polar surface area (TPSA) is 12.0 Å². The molecular weight excluding hydrogens is 194 g/mol. The summed E-state index contributed by atoms with van der Waals surface area (Å²) in [5.41, 5.74) is 2.94. The van der Waals surface area contributed by atoms with Crippen LogP contribution in [0.4, 0.5) is 5.69 Å². The zero-order valence-corrected chi connectivity index (χ0v) is 10.7. The summed E-state index contributed by atoms with van der Waals surface area (Å²) < 4.78 is 0. The van der Waals surface area contributed by atoms with Crippen molar-refractivity contribution in [1.29, 1.82) is 0 Å². The minimum Gasteiger partial charge on any atom is -0.382 e. The Morgan fingerprint density at radius 2 is 1.56 bits per heavy atom. The fourth-order valence-electron chi connectivity index (χ4n) is 2.37. The molecule has 0 aliphatic heterocycles. The van der Waals surface area contributed by atoms with Crippen LogP contribution in [-0.2, 0) is 5.41 Å². The van der Waals surface area contributed by atoms with Gasteiger partial charge in [0.2, 0.25) is 0 Å². The minimum atomic E-state index is 0.256. The molecule has 0 amide bonds. The molecule has 0 heterocycles. The van der Waals surface area contributed by atoms with Crippen molar-refractivity contribution in [2.75, 3.05) is 5.32 Å². The van der Waals surface area contributed by atoms with Crippen LogP contribution in [0.2, 0.25) is 0 Å². The molecule has 1 fully saturated rings. The summed E-state index contributed by atoms with van der Waals surface area (Å²) in [6.45, 7) is 6.77. The molecule has 1 aromatic carbocycles. The first kappa shape index (κ1) is 11.5. The van der Waals surface area contributed by atoms with E-state index in [0.717, 1.165) is 0 Å². The van der Waals surface area contributed by atoms with Gasteiger partial charge in [-0.25, -0.2) is 0 Å². The molecule has 0 aromatic heterocycles. The maximum Gasteiger partial charge on any atom is 0.0342 e. The van der Waals surface area contributed by atoms with Crippen LogP contribution in [0.15, 0.2) is 24.3 Å². The Morgan fingerprint density at radius 3 is 2.06 bits per heavy atom. The highest BCUT2D eigenvalue weighted by atomic mass is 14.9. The summed E-state index contributed by atoms with van der Waals surface area (Å²) in [6.07, 6.45) is 5.44. The summed E-state index contributed by atoms with van der Waals surface area (Å²) >= 11 is 0. The highest BCUT2D eigenvalue weighted by Crippen LogP contribution is 2.26. The number of anilines is 1. The summed E-state index contributed by atoms with van der Waals surface area (Å²) in [5.74, 6) is 0. The SMILES string of the molecule is CC(C)(C)c1ccc(NC2CCCC2)cc1. The smallest absolute Gasteiger partial charge is 0.0342 e. The number of nitrogens with one attached hydrogen (secondary N) is 1. The van der Waals surface area contributed by atoms with Crippen molar-refractivity contribution in [3.05, 3.63) is 29.8 Å². The van der Waals surface area contributed by atoms with Gasteiger partial charge in [-0.1, -0.05) is 45.7 Å². The Bertz CT molecular complexity index is 325. The van der Waals surface area contributed by atoms with E-state index < -0.39 is 0 Å². The molecule has 0 bridgehead atoms. The monoisotopic (exact) mass is 217 g/mol. The van der Waals surface area contributed by atoms with Gasteiger partial charge in [-0.2, -0.15) is 0 Å². The van der Waals surface area contributed by atoms with E-state index >= 15 is 0 Å². The summed E-state index contributed by atoms with van der Waals surface area (Å²) in [5, 5.41) is 3.62. The Hall–Kier alpha value is -0.980. The van der Waals surface area contributed by atoms with Crippen molar-refractivity contribution in [2.45, 2.75) is 57.9 Å². The molecule has 1 nitrogen and oxygen atoms in total. The second-order valence-electron chi connectivity index (χ2n) is 5.95. The van der Waals surface area contributed by atoms with Gasteiger partial charge in [0.25, 0.3) is 0 Å². The van der Waals surface area contributed by atoms with E-state index in [1.165, 1.54) is 36.9 Å². The van der Waals surface area contributed by atoms with E-state index in [9.17, 15) is 0 Å². The lowest BCUT2D eigenvalue weighted by Gasteiger charge is -2.20. The van der Waals surface area contributed by atoms with Crippen LogP contribution in [0, 0.1) is 0 Å². The standard InChI is InChI=1S/C15H23N/c1-15(2,3)12-8-10-14(11-9-12)16-13-6-4-5-7-13/h8-11,13,16H,4-7H2,1-3H3. The van der Waals surface area contributed by atoms with Crippen LogP contribution in [0.1, 0.15) is 52.0 Å². The molecule has 0 spiro atoms. The quantitative estimate of drug-likeness (QED) is 0.777. The maximum atomic E-state index is 3.62. The molecule has 16 heavy (non-hydrogen) atoms. The van der Waals surface area contributed by atoms with E-state index in [1.807, 2.05) is 0 Å². The van der Waals surface area contributed by atoms with Gasteiger partial charge in [0.15, 0.2) is 0 Å². The van der Waals surface area contributed by atoms with Crippen molar-refractivity contribution in [3.8, 4) is 0 Å². The number of benzene rings is 1. The fraction of sp³-hybridized carbons (Fsp3) is 0.600. The predicted octanol–water partition coefficient (Wildman–Crippen LogP) is 4.34. The van der Waals surface area contributed by atoms with Gasteiger partial charge in [-0.3, -0.25) is 0 Å². The molecule has 88 valence electrons. The lowest BCUT2D eigenvalue weighted by Crippen LogP contribution is -2.15. The van der Waals surface area contributed by atoms with Gasteiger partial charge in [-0.15, -0.1) is 0 Å². The second-order valence-corrected chi connectivity index (χ2v) is 5.95. The first-order valence-corrected chi connectivity index (χ1v) is 6.43. The largest absolute Gasteiger partial charge is 0.382 e. The zero-order valence-electron chi connectivity index (χ0n) is 10.7. The maximum absolute atomic E-state index is 3.62. The highest BCUT2D eigenvalue weighted by Gasteiger charge is 2.15. The molecule has 1 saturated carbocycles. The average Bonchev–Trinajstić information content (AvgIpc) is 2.70. The van der Waals surface area contributed by atoms with Crippen LogP contribution in [-0.4, -0.2) is 6.04 Å². The Morgan fingerprint density at radius 1 is 1.00 bits per heavy atom. The normalized spacial score (nSPS) is 17.7. The molecule has 0 unspecified atom stereocenters. The fourth-order valence-corrected chi connectivity index (χ4v) is 2.37. The summed E-state index contributed by atoms with van der Waals surface area (Å²) in [4.78, 5) is 0. The summed E-state index contributed by atoms with van der Waals surface area (Å²) in [7, 11) is 0. The van der Waals surface area contributed by atoms with Crippen molar-refractivity contribution in [1.82, 2.24) is 0 Å². The zero-order chi connectivity index (χ0) is 11.6. The third-order valence-electron chi connectivity index (χ3n) is 3.48. The number of hydrogen-bond donors (Lipinski definition) is 1. The first-order valence-electron chi connectivity index (χ1n) is 6.43. The van der Waals surface area contributed by atoms with Crippen molar-refractivity contribution < 1.29 is 0 Å². The molecule has 1 aliphatic rings. The minimum absolute atomic E-state index is 0.256. The molecular formula is C15H23N. The van der Waals surface area contributed by atoms with Gasteiger partial charge < -0.3 is 5.32 Å². The number of rotatable bonds is 2. The van der Waals surface area contributed by atoms with E-state index in [0.29, 0.717) is 6.04 Å². The van der Waals surface area contributed by atoms with Crippen LogP contribution in [0.3, 0.4) is 0 Å². The van der Waals surface area contributed by atoms with Gasteiger partial charge >= 0.3 is 0 Å². The second kappa shape index (κ2) is 4.48. The molecule has 1 aliphatic carbocycles. The lowest BCUT2D eigenvalue weighted by atomic mass is 9.87. The van der Waals surface area contributed by atoms with Crippen LogP contribution in [0.25, 0.3) is 0 Å². The van der Waals surface area contributed by atoms with E-state index in [-0.39, 0.29) is 5.41 Å². The summed E-state index contributed by atoms with van der Waals surface area (Å²) in [6, 6.07) is 9.65. The Balaban J connectivity index is 2.01. The number of hydrogen-bond acceptors (Lipinski definition) is 1. The Kier molecular flexibility index (Phi) is 3.22. The molecule has 1 aromatic rings. The third kappa shape index (κ3) is 2.78. The van der Waals surface area contributed by atoms with E-state index in [1.54, 1.807) is 0 Å². The van der Waals surface area contributed by atoms with Crippen LogP contribution < -0.4 is 5.32 Å². The first-order chi connectivity index (χ1) is 7.55. The molecule has 0 atom stereocenters. The van der Waals surface area contributed by atoms with Crippen molar-refractivity contribution in [2.24, 2.45) is 0 Å². The van der Waals surface area contributed by atoms with E-state index in [4.69, 9.17) is 0 Å². The van der Waals surface area contributed by atoms with Gasteiger partial charge in [0.05, 0.1) is 0 Å². The highest BCUT2D eigenvalue weighted by molar-refractivity contribution is 5.46. The Labute approximate surface area is 99.3 Å². The van der Waals surface area contributed by atoms with E-state index in [2.05, 4.69) is 50.4 Å². The van der Waals surface area contributed by atoms with Crippen LogP contribution >= 0.6 is 0 Å². The molecule has 2 rings (SSSR count). The van der Waals surface area contributed by atoms with Crippen molar-refractivity contribution >= 4 is 5.69 Å². The third-order valence-corrected chi connectivity index (χ3v) is 3.48. The van der Waals surface area contributed by atoms with Gasteiger partial charge in [0.1, 0.15) is 0 Å². The molecule has 0 saturated heterocycles. The molecule has 1 heteroatoms. The average molecular weight is 217 g/mol. The van der Waals surface area contributed by atoms with Crippen LogP contribution in [0.5, 0.6) is 0 Å². The van der Waals surface area contributed by atoms with Crippen molar-refractivity contribution in [3.63, 3.8) is 0 Å². The lowest BCUT2D eigenvalue weighted by molar-refractivity contribution is 0.590.